The van der Waals surface area contributed by atoms with Crippen LogP contribution in [0.1, 0.15) is 50.8 Å². The molecule has 0 spiro atoms. The molecule has 2 heterocycles. The van der Waals surface area contributed by atoms with E-state index in [1.165, 1.54) is 12.3 Å². The van der Waals surface area contributed by atoms with Gasteiger partial charge in [-0.25, -0.2) is 4.79 Å². The maximum absolute atomic E-state index is 13.1. The minimum atomic E-state index is -4.22. The van der Waals surface area contributed by atoms with Gasteiger partial charge in [0.1, 0.15) is 5.60 Å². The van der Waals surface area contributed by atoms with Crippen LogP contribution in [0.4, 0.5) is 18.0 Å². The molecule has 0 unspecified atom stereocenters. The number of halogens is 3. The van der Waals surface area contributed by atoms with Gasteiger partial charge < -0.3 is 9.64 Å². The van der Waals surface area contributed by atoms with E-state index >= 15 is 0 Å². The first-order chi connectivity index (χ1) is 11.0. The molecule has 1 saturated carbocycles. The lowest BCUT2D eigenvalue weighted by atomic mass is 9.93. The number of pyridine rings is 1. The molecule has 0 atom stereocenters. The minimum Gasteiger partial charge on any atom is -0.444 e. The van der Waals surface area contributed by atoms with Gasteiger partial charge in [0.15, 0.2) is 0 Å². The third kappa shape index (κ3) is 3.08. The first-order valence-corrected chi connectivity index (χ1v) is 8.03. The predicted octanol–water partition coefficient (Wildman–Crippen LogP) is 4.01. The Balaban J connectivity index is 1.60. The Kier molecular flexibility index (Phi) is 3.81. The normalized spacial score (nSPS) is 20.5. The molecule has 0 bridgehead atoms. The van der Waals surface area contributed by atoms with E-state index in [-0.39, 0.29) is 30.4 Å². The van der Waals surface area contributed by atoms with Gasteiger partial charge in [-0.05, 0) is 45.2 Å². The Morgan fingerprint density at radius 2 is 1.88 bits per heavy atom. The Hall–Kier alpha value is -1.79. The zero-order valence-corrected chi connectivity index (χ0v) is 14.0. The van der Waals surface area contributed by atoms with Gasteiger partial charge in [0.25, 0.3) is 0 Å². The third-order valence-electron chi connectivity index (χ3n) is 4.58. The Morgan fingerprint density at radius 3 is 2.29 bits per heavy atom. The summed E-state index contributed by atoms with van der Waals surface area (Å²) in [6.45, 7) is 6.36. The number of hydrogen-bond acceptors (Lipinski definition) is 3. The van der Waals surface area contributed by atoms with Crippen LogP contribution in [-0.4, -0.2) is 40.8 Å². The van der Waals surface area contributed by atoms with E-state index in [1.807, 2.05) is 0 Å². The Labute approximate surface area is 139 Å². The Bertz CT molecular complexity index is 625. The minimum absolute atomic E-state index is 0.0487. The van der Waals surface area contributed by atoms with E-state index in [0.29, 0.717) is 13.1 Å². The van der Waals surface area contributed by atoms with Crippen molar-refractivity contribution in [1.29, 1.82) is 0 Å². The number of ether oxygens (including phenoxy) is 1. The highest BCUT2D eigenvalue weighted by Crippen LogP contribution is 2.58. The average Bonchev–Trinajstić information content (AvgIpc) is 3.16. The number of likely N-dealkylation sites (tertiary alicyclic amines) is 1. The smallest absolute Gasteiger partial charge is 0.410 e. The number of alkyl halides is 3. The summed E-state index contributed by atoms with van der Waals surface area (Å²) in [6.07, 6.45) is -2.99. The van der Waals surface area contributed by atoms with Crippen molar-refractivity contribution in [3.63, 3.8) is 0 Å². The molecule has 2 aliphatic rings. The summed E-state index contributed by atoms with van der Waals surface area (Å²) < 4.78 is 44.6. The standard InChI is InChI=1S/C17H21F3N2O2/c1-15(2,3)24-14(23)22-9-11(10-22)13-5-4-12(8-21-13)16(6-7-16)17(18,19)20/h4-5,8,11H,6-7,9-10H2,1-3H3. The SMILES string of the molecule is CC(C)(C)OC(=O)N1CC(c2ccc(C3(C(F)(F)F)CC3)cn2)C1. The summed E-state index contributed by atoms with van der Waals surface area (Å²) in [7, 11) is 0. The number of aromatic nitrogens is 1. The monoisotopic (exact) mass is 342 g/mol. The van der Waals surface area contributed by atoms with Gasteiger partial charge >= 0.3 is 12.3 Å². The van der Waals surface area contributed by atoms with Crippen molar-refractivity contribution in [1.82, 2.24) is 9.88 Å². The highest BCUT2D eigenvalue weighted by molar-refractivity contribution is 5.69. The molecule has 1 aromatic rings. The fraction of sp³-hybridized carbons (Fsp3) is 0.647. The first kappa shape index (κ1) is 17.0. The molecule has 24 heavy (non-hydrogen) atoms. The zero-order chi connectivity index (χ0) is 17.8. The van der Waals surface area contributed by atoms with E-state index < -0.39 is 17.2 Å². The molecule has 0 aromatic carbocycles. The van der Waals surface area contributed by atoms with E-state index in [9.17, 15) is 18.0 Å². The molecule has 0 N–H and O–H groups in total. The lowest BCUT2D eigenvalue weighted by Gasteiger charge is -2.39. The van der Waals surface area contributed by atoms with Crippen molar-refractivity contribution < 1.29 is 22.7 Å². The summed E-state index contributed by atoms with van der Waals surface area (Å²) in [6, 6.07) is 3.18. The largest absolute Gasteiger partial charge is 0.444 e. The molecule has 132 valence electrons. The summed E-state index contributed by atoms with van der Waals surface area (Å²) in [5, 5.41) is 0. The van der Waals surface area contributed by atoms with E-state index in [0.717, 1.165) is 5.69 Å². The van der Waals surface area contributed by atoms with E-state index in [4.69, 9.17) is 4.74 Å². The van der Waals surface area contributed by atoms with Crippen LogP contribution in [-0.2, 0) is 10.2 Å². The second kappa shape index (κ2) is 5.36. The van der Waals surface area contributed by atoms with E-state index in [2.05, 4.69) is 4.98 Å². The zero-order valence-electron chi connectivity index (χ0n) is 14.0. The van der Waals surface area contributed by atoms with Crippen LogP contribution >= 0.6 is 0 Å². The Morgan fingerprint density at radius 1 is 1.25 bits per heavy atom. The molecule has 2 fully saturated rings. The molecule has 3 rings (SSSR count). The van der Waals surface area contributed by atoms with Gasteiger partial charge in [-0.15, -0.1) is 0 Å². The first-order valence-electron chi connectivity index (χ1n) is 8.03. The van der Waals surface area contributed by atoms with Crippen LogP contribution in [0.3, 0.4) is 0 Å². The maximum Gasteiger partial charge on any atom is 0.410 e. The summed E-state index contributed by atoms with van der Waals surface area (Å²) in [5.74, 6) is 0.0487. The second-order valence-electron chi connectivity index (χ2n) is 7.63. The number of nitrogens with zero attached hydrogens (tertiary/aromatic N) is 2. The number of amides is 1. The molecule has 0 radical (unpaired) electrons. The number of hydrogen-bond donors (Lipinski definition) is 0. The van der Waals surface area contributed by atoms with Gasteiger partial charge in [-0.3, -0.25) is 4.98 Å². The van der Waals surface area contributed by atoms with Crippen molar-refractivity contribution >= 4 is 6.09 Å². The number of rotatable bonds is 2. The molecule has 7 heteroatoms. The molecule has 1 amide bonds. The van der Waals surface area contributed by atoms with Crippen LogP contribution in [0.25, 0.3) is 0 Å². The second-order valence-corrected chi connectivity index (χ2v) is 7.63. The number of carbonyl (C=O) groups excluding carboxylic acids is 1. The lowest BCUT2D eigenvalue weighted by molar-refractivity contribution is -0.160. The molecule has 1 saturated heterocycles. The van der Waals surface area contributed by atoms with Crippen LogP contribution in [0, 0.1) is 0 Å². The van der Waals surface area contributed by atoms with Gasteiger partial charge in [-0.1, -0.05) is 6.07 Å². The van der Waals surface area contributed by atoms with E-state index in [1.54, 1.807) is 31.7 Å². The molecule has 4 nitrogen and oxygen atoms in total. The summed E-state index contributed by atoms with van der Waals surface area (Å²) in [4.78, 5) is 17.7. The van der Waals surface area contributed by atoms with Crippen molar-refractivity contribution in [3.8, 4) is 0 Å². The highest BCUT2D eigenvalue weighted by Gasteiger charge is 2.64. The fourth-order valence-corrected chi connectivity index (χ4v) is 2.93. The van der Waals surface area contributed by atoms with Gasteiger partial charge in [0.2, 0.25) is 0 Å². The highest BCUT2D eigenvalue weighted by atomic mass is 19.4. The fourth-order valence-electron chi connectivity index (χ4n) is 2.93. The quantitative estimate of drug-likeness (QED) is 0.815. The van der Waals surface area contributed by atoms with Crippen LogP contribution < -0.4 is 0 Å². The van der Waals surface area contributed by atoms with Crippen molar-refractivity contribution in [3.05, 3.63) is 29.6 Å². The molecule has 1 aliphatic heterocycles. The van der Waals surface area contributed by atoms with Gasteiger partial charge in [0, 0.05) is 30.9 Å². The topological polar surface area (TPSA) is 42.4 Å². The molecular weight excluding hydrogens is 321 g/mol. The van der Waals surface area contributed by atoms with Crippen molar-refractivity contribution in [2.75, 3.05) is 13.1 Å². The number of carbonyl (C=O) groups is 1. The predicted molar refractivity (Wildman–Crippen MR) is 81.8 cm³/mol. The van der Waals surface area contributed by atoms with Crippen LogP contribution in [0.2, 0.25) is 0 Å². The molecule has 1 aliphatic carbocycles. The lowest BCUT2D eigenvalue weighted by Crippen LogP contribution is -2.50. The molecular formula is C17H21F3N2O2. The molecule has 1 aromatic heterocycles. The average molecular weight is 342 g/mol. The third-order valence-corrected chi connectivity index (χ3v) is 4.58. The van der Waals surface area contributed by atoms with Gasteiger partial charge in [-0.2, -0.15) is 13.2 Å². The maximum atomic E-state index is 13.1. The van der Waals surface area contributed by atoms with Crippen LogP contribution in [0.15, 0.2) is 18.3 Å². The van der Waals surface area contributed by atoms with Crippen molar-refractivity contribution in [2.45, 2.75) is 56.7 Å². The van der Waals surface area contributed by atoms with Crippen molar-refractivity contribution in [2.24, 2.45) is 0 Å². The van der Waals surface area contributed by atoms with Crippen LogP contribution in [0.5, 0.6) is 0 Å². The van der Waals surface area contributed by atoms with Gasteiger partial charge in [0.05, 0.1) is 5.41 Å². The summed E-state index contributed by atoms with van der Waals surface area (Å²) >= 11 is 0. The summed E-state index contributed by atoms with van der Waals surface area (Å²) in [5.41, 5.74) is -1.28.